The molecule has 98 valence electrons. The Labute approximate surface area is 107 Å². The zero-order chi connectivity index (χ0) is 13.2. The smallest absolute Gasteiger partial charge is 0.255 e. The second-order valence-corrected chi connectivity index (χ2v) is 5.10. The minimum Gasteiger partial charge on any atom is -0.507 e. The van der Waals surface area contributed by atoms with Crippen molar-refractivity contribution >= 4 is 5.91 Å². The van der Waals surface area contributed by atoms with E-state index in [1.165, 1.54) is 13.2 Å². The third kappa shape index (κ3) is 2.58. The standard InChI is InChI=1S/C14H19NO3/c1-14(7-3-4-8-14)15-13(17)11-6-5-10(18-2)9-12(11)16/h5-6,9,16H,3-4,7-8H2,1-2H3,(H,15,17). The Morgan fingerprint density at radius 1 is 1.39 bits per heavy atom. The molecule has 0 aliphatic heterocycles. The molecular weight excluding hydrogens is 230 g/mol. The highest BCUT2D eigenvalue weighted by Crippen LogP contribution is 2.30. The van der Waals surface area contributed by atoms with E-state index in [1.807, 2.05) is 0 Å². The Morgan fingerprint density at radius 2 is 2.06 bits per heavy atom. The number of carbonyl (C=O) groups excluding carboxylic acids is 1. The molecule has 0 saturated heterocycles. The first kappa shape index (κ1) is 12.7. The van der Waals surface area contributed by atoms with Gasteiger partial charge in [-0.1, -0.05) is 12.8 Å². The van der Waals surface area contributed by atoms with E-state index in [9.17, 15) is 9.90 Å². The van der Waals surface area contributed by atoms with E-state index in [4.69, 9.17) is 4.74 Å². The molecule has 2 rings (SSSR count). The first-order chi connectivity index (χ1) is 8.54. The van der Waals surface area contributed by atoms with Crippen LogP contribution in [0, 0.1) is 0 Å². The van der Waals surface area contributed by atoms with Gasteiger partial charge in [0.25, 0.3) is 5.91 Å². The van der Waals surface area contributed by atoms with E-state index in [-0.39, 0.29) is 17.2 Å². The molecule has 1 aromatic rings. The second-order valence-electron chi connectivity index (χ2n) is 5.10. The Balaban J connectivity index is 2.13. The summed E-state index contributed by atoms with van der Waals surface area (Å²) in [4.78, 5) is 12.1. The van der Waals surface area contributed by atoms with Crippen molar-refractivity contribution in [2.45, 2.75) is 38.1 Å². The van der Waals surface area contributed by atoms with Crippen LogP contribution >= 0.6 is 0 Å². The monoisotopic (exact) mass is 249 g/mol. The minimum atomic E-state index is -0.223. The van der Waals surface area contributed by atoms with Gasteiger partial charge < -0.3 is 15.2 Å². The summed E-state index contributed by atoms with van der Waals surface area (Å²) < 4.78 is 4.99. The number of amides is 1. The molecule has 18 heavy (non-hydrogen) atoms. The molecule has 0 heterocycles. The van der Waals surface area contributed by atoms with Crippen LogP contribution in [0.25, 0.3) is 0 Å². The zero-order valence-electron chi connectivity index (χ0n) is 10.8. The highest BCUT2D eigenvalue weighted by atomic mass is 16.5. The number of phenolic OH excluding ortho intramolecular Hbond substituents is 1. The van der Waals surface area contributed by atoms with Crippen molar-refractivity contribution < 1.29 is 14.6 Å². The van der Waals surface area contributed by atoms with E-state index in [1.54, 1.807) is 12.1 Å². The molecule has 1 aromatic carbocycles. The predicted octanol–water partition coefficient (Wildman–Crippen LogP) is 2.46. The molecule has 1 aliphatic carbocycles. The van der Waals surface area contributed by atoms with E-state index < -0.39 is 0 Å². The van der Waals surface area contributed by atoms with Gasteiger partial charge in [0.1, 0.15) is 11.5 Å². The molecule has 0 spiro atoms. The summed E-state index contributed by atoms with van der Waals surface area (Å²) in [6, 6.07) is 4.71. The van der Waals surface area contributed by atoms with Crippen molar-refractivity contribution in [1.29, 1.82) is 0 Å². The van der Waals surface area contributed by atoms with E-state index in [2.05, 4.69) is 12.2 Å². The number of phenols is 1. The lowest BCUT2D eigenvalue weighted by Crippen LogP contribution is -2.43. The SMILES string of the molecule is COc1ccc(C(=O)NC2(C)CCCC2)c(O)c1. The van der Waals surface area contributed by atoms with Gasteiger partial charge >= 0.3 is 0 Å². The third-order valence-corrected chi connectivity index (χ3v) is 3.57. The van der Waals surface area contributed by atoms with Gasteiger partial charge in [-0.2, -0.15) is 0 Å². The van der Waals surface area contributed by atoms with Crippen LogP contribution in [0.1, 0.15) is 43.0 Å². The van der Waals surface area contributed by atoms with Crippen molar-refractivity contribution in [2.75, 3.05) is 7.11 Å². The molecular formula is C14H19NO3. The van der Waals surface area contributed by atoms with Crippen molar-refractivity contribution in [1.82, 2.24) is 5.32 Å². The number of aromatic hydroxyl groups is 1. The summed E-state index contributed by atoms with van der Waals surface area (Å²) in [7, 11) is 1.52. The summed E-state index contributed by atoms with van der Waals surface area (Å²) in [5, 5.41) is 12.8. The highest BCUT2D eigenvalue weighted by molar-refractivity contribution is 5.97. The Morgan fingerprint density at radius 3 is 2.61 bits per heavy atom. The molecule has 4 heteroatoms. The number of carbonyl (C=O) groups is 1. The van der Waals surface area contributed by atoms with Crippen molar-refractivity contribution in [3.05, 3.63) is 23.8 Å². The number of ether oxygens (including phenoxy) is 1. The van der Waals surface area contributed by atoms with Crippen molar-refractivity contribution in [2.24, 2.45) is 0 Å². The number of methoxy groups -OCH3 is 1. The normalized spacial score (nSPS) is 17.4. The van der Waals surface area contributed by atoms with Gasteiger partial charge in [-0.15, -0.1) is 0 Å². The van der Waals surface area contributed by atoms with Crippen LogP contribution in [0.15, 0.2) is 18.2 Å². The molecule has 4 nitrogen and oxygen atoms in total. The van der Waals surface area contributed by atoms with Crippen LogP contribution in [0.5, 0.6) is 11.5 Å². The van der Waals surface area contributed by atoms with Gasteiger partial charge in [-0.3, -0.25) is 4.79 Å². The van der Waals surface area contributed by atoms with Gasteiger partial charge in [0, 0.05) is 11.6 Å². The zero-order valence-corrected chi connectivity index (χ0v) is 10.8. The van der Waals surface area contributed by atoms with E-state index in [0.29, 0.717) is 11.3 Å². The van der Waals surface area contributed by atoms with Crippen LogP contribution in [0.3, 0.4) is 0 Å². The molecule has 0 aromatic heterocycles. The fourth-order valence-corrected chi connectivity index (χ4v) is 2.45. The minimum absolute atomic E-state index is 0.0477. The van der Waals surface area contributed by atoms with Crippen molar-refractivity contribution in [3.63, 3.8) is 0 Å². The number of nitrogens with one attached hydrogen (secondary N) is 1. The number of hydrogen-bond acceptors (Lipinski definition) is 3. The average molecular weight is 249 g/mol. The molecule has 0 atom stereocenters. The van der Waals surface area contributed by atoms with Crippen LogP contribution in [0.4, 0.5) is 0 Å². The van der Waals surface area contributed by atoms with Gasteiger partial charge in [0.2, 0.25) is 0 Å². The van der Waals surface area contributed by atoms with E-state index >= 15 is 0 Å². The van der Waals surface area contributed by atoms with Gasteiger partial charge in [-0.25, -0.2) is 0 Å². The van der Waals surface area contributed by atoms with Crippen LogP contribution in [-0.2, 0) is 0 Å². The lowest BCUT2D eigenvalue weighted by atomic mass is 10.00. The summed E-state index contributed by atoms with van der Waals surface area (Å²) in [6.07, 6.45) is 4.28. The predicted molar refractivity (Wildman–Crippen MR) is 69.0 cm³/mol. The first-order valence-corrected chi connectivity index (χ1v) is 6.24. The van der Waals surface area contributed by atoms with Crippen LogP contribution < -0.4 is 10.1 Å². The summed E-state index contributed by atoms with van der Waals surface area (Å²) in [5.41, 5.74) is 0.160. The summed E-state index contributed by atoms with van der Waals surface area (Å²) >= 11 is 0. The second kappa shape index (κ2) is 4.88. The van der Waals surface area contributed by atoms with Gasteiger partial charge in [0.05, 0.1) is 12.7 Å². The quantitative estimate of drug-likeness (QED) is 0.865. The van der Waals surface area contributed by atoms with E-state index in [0.717, 1.165) is 25.7 Å². The molecule has 1 saturated carbocycles. The molecule has 2 N–H and O–H groups in total. The van der Waals surface area contributed by atoms with Crippen molar-refractivity contribution in [3.8, 4) is 11.5 Å². The number of hydrogen-bond donors (Lipinski definition) is 2. The molecule has 1 aliphatic rings. The topological polar surface area (TPSA) is 58.6 Å². The average Bonchev–Trinajstić information content (AvgIpc) is 2.75. The van der Waals surface area contributed by atoms with Crippen LogP contribution in [-0.4, -0.2) is 23.7 Å². The maximum atomic E-state index is 12.1. The molecule has 1 fully saturated rings. The largest absolute Gasteiger partial charge is 0.507 e. The molecule has 1 amide bonds. The van der Waals surface area contributed by atoms with Crippen LogP contribution in [0.2, 0.25) is 0 Å². The lowest BCUT2D eigenvalue weighted by Gasteiger charge is -2.25. The molecule has 0 bridgehead atoms. The van der Waals surface area contributed by atoms with Gasteiger partial charge in [-0.05, 0) is 31.9 Å². The highest BCUT2D eigenvalue weighted by Gasteiger charge is 2.30. The number of rotatable bonds is 3. The maximum Gasteiger partial charge on any atom is 0.255 e. The summed E-state index contributed by atoms with van der Waals surface area (Å²) in [6.45, 7) is 2.05. The third-order valence-electron chi connectivity index (χ3n) is 3.57. The molecule has 0 unspecified atom stereocenters. The molecule has 0 radical (unpaired) electrons. The number of benzene rings is 1. The first-order valence-electron chi connectivity index (χ1n) is 6.24. The Bertz CT molecular complexity index is 450. The fourth-order valence-electron chi connectivity index (χ4n) is 2.45. The maximum absolute atomic E-state index is 12.1. The Hall–Kier alpha value is -1.71. The Kier molecular flexibility index (Phi) is 3.45. The van der Waals surface area contributed by atoms with Gasteiger partial charge in [0.15, 0.2) is 0 Å². The lowest BCUT2D eigenvalue weighted by molar-refractivity contribution is 0.0905. The fraction of sp³-hybridized carbons (Fsp3) is 0.500. The summed E-state index contributed by atoms with van der Waals surface area (Å²) in [5.74, 6) is 0.268.